The summed E-state index contributed by atoms with van der Waals surface area (Å²) in [5, 5.41) is 12.0. The van der Waals surface area contributed by atoms with E-state index in [2.05, 4.69) is 0 Å². The Kier molecular flexibility index (Phi) is 5.78. The summed E-state index contributed by atoms with van der Waals surface area (Å²) in [6.45, 7) is 5.40. The number of carbonyl (C=O) groups excluding carboxylic acids is 2. The number of aromatic nitrogens is 1. The van der Waals surface area contributed by atoms with Crippen LogP contribution in [0.15, 0.2) is 24.4 Å². The van der Waals surface area contributed by atoms with Gasteiger partial charge >= 0.3 is 5.97 Å². The minimum absolute atomic E-state index is 0.0875. The summed E-state index contributed by atoms with van der Waals surface area (Å²) in [4.78, 5) is 36.5. The first kappa shape index (κ1) is 21.0. The number of carbonyl (C=O) groups is 2. The fourth-order valence-corrected chi connectivity index (χ4v) is 4.23. The van der Waals surface area contributed by atoms with Crippen molar-refractivity contribution < 1.29 is 19.2 Å². The highest BCUT2D eigenvalue weighted by atomic mass is 16.6. The minimum atomic E-state index is -0.681. The smallest absolute Gasteiger partial charge is 0.313 e. The van der Waals surface area contributed by atoms with E-state index in [0.29, 0.717) is 28.8 Å². The quantitative estimate of drug-likeness (QED) is 0.397. The standard InChI is InChI=1S/C22H28N2O5/c1-22(2,3)21(26)23-13-18(16-10-9-15(24(27)28)12-19(16)23)17(20(25)29-4)11-14-7-5-6-8-14/h9-10,12-14,17H,5-8,11H2,1-4H3. The van der Waals surface area contributed by atoms with Crippen LogP contribution in [0.4, 0.5) is 5.69 Å². The molecular formula is C22H28N2O5. The monoisotopic (exact) mass is 400 g/mol. The molecule has 2 aromatic rings. The maximum atomic E-state index is 13.1. The number of nitro benzene ring substituents is 1. The molecule has 1 saturated carbocycles. The molecule has 0 radical (unpaired) electrons. The van der Waals surface area contributed by atoms with Gasteiger partial charge in [0.25, 0.3) is 5.69 Å². The molecule has 1 aliphatic carbocycles. The second-order valence-electron chi connectivity index (χ2n) is 8.93. The number of hydrogen-bond acceptors (Lipinski definition) is 5. The Hall–Kier alpha value is -2.70. The van der Waals surface area contributed by atoms with Gasteiger partial charge in [-0.2, -0.15) is 0 Å². The Bertz CT molecular complexity index is 948. The fourth-order valence-electron chi connectivity index (χ4n) is 4.23. The molecule has 0 spiro atoms. The first-order valence-corrected chi connectivity index (χ1v) is 10.1. The van der Waals surface area contributed by atoms with Crippen LogP contribution < -0.4 is 0 Å². The average Bonchev–Trinajstić information content (AvgIpc) is 3.31. The molecule has 0 amide bonds. The van der Waals surface area contributed by atoms with Gasteiger partial charge in [-0.1, -0.05) is 46.5 Å². The largest absolute Gasteiger partial charge is 0.469 e. The zero-order chi connectivity index (χ0) is 21.3. The molecule has 1 aliphatic rings. The number of nitrogens with zero attached hydrogens (tertiary/aromatic N) is 2. The fraction of sp³-hybridized carbons (Fsp3) is 0.545. The number of nitro groups is 1. The summed E-state index contributed by atoms with van der Waals surface area (Å²) in [6.07, 6.45) is 6.83. The van der Waals surface area contributed by atoms with Crippen LogP contribution in [0.1, 0.15) is 69.2 Å². The highest BCUT2D eigenvalue weighted by molar-refractivity contribution is 5.99. The Morgan fingerprint density at radius 2 is 1.93 bits per heavy atom. The number of methoxy groups -OCH3 is 1. The van der Waals surface area contributed by atoms with Crippen LogP contribution in [0.5, 0.6) is 0 Å². The highest BCUT2D eigenvalue weighted by Crippen LogP contribution is 2.39. The lowest BCUT2D eigenvalue weighted by atomic mass is 9.87. The molecule has 156 valence electrons. The molecule has 0 bridgehead atoms. The van der Waals surface area contributed by atoms with Gasteiger partial charge in [0.1, 0.15) is 0 Å². The van der Waals surface area contributed by atoms with Crippen molar-refractivity contribution in [1.29, 1.82) is 0 Å². The zero-order valence-corrected chi connectivity index (χ0v) is 17.4. The van der Waals surface area contributed by atoms with Crippen molar-refractivity contribution in [2.75, 3.05) is 7.11 Å². The third-order valence-electron chi connectivity index (χ3n) is 5.80. The molecule has 0 saturated heterocycles. The van der Waals surface area contributed by atoms with Gasteiger partial charge in [-0.3, -0.25) is 24.3 Å². The summed E-state index contributed by atoms with van der Waals surface area (Å²) >= 11 is 0. The number of esters is 1. The Labute approximate surface area is 170 Å². The number of hydrogen-bond donors (Lipinski definition) is 0. The SMILES string of the molecule is COC(=O)C(CC1CCCC1)c1cn(C(=O)C(C)(C)C)c2cc([N+](=O)[O-])ccc12. The predicted molar refractivity (Wildman–Crippen MR) is 110 cm³/mol. The molecule has 7 heteroatoms. The van der Waals surface area contributed by atoms with Crippen molar-refractivity contribution in [3.63, 3.8) is 0 Å². The van der Waals surface area contributed by atoms with E-state index in [-0.39, 0.29) is 17.6 Å². The van der Waals surface area contributed by atoms with Gasteiger partial charge in [-0.05, 0) is 24.0 Å². The lowest BCUT2D eigenvalue weighted by Crippen LogP contribution is -2.26. The summed E-state index contributed by atoms with van der Waals surface area (Å²) in [5.74, 6) is -0.578. The topological polar surface area (TPSA) is 91.4 Å². The molecule has 1 heterocycles. The van der Waals surface area contributed by atoms with E-state index < -0.39 is 16.3 Å². The predicted octanol–water partition coefficient (Wildman–Crippen LogP) is 5.07. The second-order valence-corrected chi connectivity index (χ2v) is 8.93. The van der Waals surface area contributed by atoms with Crippen LogP contribution in [-0.4, -0.2) is 28.5 Å². The van der Waals surface area contributed by atoms with E-state index in [1.165, 1.54) is 23.8 Å². The molecular weight excluding hydrogens is 372 g/mol. The molecule has 1 aromatic carbocycles. The van der Waals surface area contributed by atoms with Crippen molar-refractivity contribution >= 4 is 28.5 Å². The number of benzene rings is 1. The van der Waals surface area contributed by atoms with Crippen molar-refractivity contribution in [1.82, 2.24) is 4.57 Å². The van der Waals surface area contributed by atoms with E-state index in [1.807, 2.05) is 0 Å². The van der Waals surface area contributed by atoms with E-state index >= 15 is 0 Å². The molecule has 3 rings (SSSR count). The van der Waals surface area contributed by atoms with Gasteiger partial charge in [0.2, 0.25) is 5.91 Å². The number of non-ortho nitro benzene ring substituents is 1. The van der Waals surface area contributed by atoms with Gasteiger partial charge in [-0.25, -0.2) is 0 Å². The zero-order valence-electron chi connectivity index (χ0n) is 17.4. The summed E-state index contributed by atoms with van der Waals surface area (Å²) in [6, 6.07) is 4.47. The van der Waals surface area contributed by atoms with Crippen molar-refractivity contribution in [3.8, 4) is 0 Å². The first-order chi connectivity index (χ1) is 13.6. The molecule has 0 N–H and O–H groups in total. The van der Waals surface area contributed by atoms with Gasteiger partial charge in [0, 0.05) is 29.1 Å². The van der Waals surface area contributed by atoms with E-state index in [9.17, 15) is 19.7 Å². The van der Waals surface area contributed by atoms with E-state index in [0.717, 1.165) is 25.7 Å². The Morgan fingerprint density at radius 1 is 1.28 bits per heavy atom. The maximum Gasteiger partial charge on any atom is 0.313 e. The van der Waals surface area contributed by atoms with Gasteiger partial charge in [0.05, 0.1) is 23.5 Å². The summed E-state index contributed by atoms with van der Waals surface area (Å²) in [7, 11) is 1.37. The molecule has 1 unspecified atom stereocenters. The molecule has 1 fully saturated rings. The van der Waals surface area contributed by atoms with E-state index in [4.69, 9.17) is 4.74 Å². The minimum Gasteiger partial charge on any atom is -0.469 e. The number of rotatable bonds is 5. The molecule has 1 aromatic heterocycles. The van der Waals surface area contributed by atoms with Crippen molar-refractivity contribution in [2.24, 2.45) is 11.3 Å². The summed E-state index contributed by atoms with van der Waals surface area (Å²) < 4.78 is 6.54. The third kappa shape index (κ3) is 4.18. The normalized spacial score (nSPS) is 16.1. The summed E-state index contributed by atoms with van der Waals surface area (Å²) in [5.41, 5.74) is 0.385. The van der Waals surface area contributed by atoms with Crippen LogP contribution in [0.2, 0.25) is 0 Å². The Morgan fingerprint density at radius 3 is 2.48 bits per heavy atom. The van der Waals surface area contributed by atoms with Crippen LogP contribution in [0, 0.1) is 21.4 Å². The van der Waals surface area contributed by atoms with Crippen LogP contribution in [0.3, 0.4) is 0 Å². The average molecular weight is 400 g/mol. The molecule has 7 nitrogen and oxygen atoms in total. The van der Waals surface area contributed by atoms with Crippen LogP contribution in [0.25, 0.3) is 10.9 Å². The van der Waals surface area contributed by atoms with Crippen molar-refractivity contribution in [2.45, 2.75) is 58.8 Å². The van der Waals surface area contributed by atoms with Crippen LogP contribution in [-0.2, 0) is 9.53 Å². The van der Waals surface area contributed by atoms with E-state index in [1.54, 1.807) is 33.0 Å². The lowest BCUT2D eigenvalue weighted by Gasteiger charge is -2.19. The second kappa shape index (κ2) is 7.97. The number of ether oxygens (including phenoxy) is 1. The lowest BCUT2D eigenvalue weighted by molar-refractivity contribution is -0.384. The number of fused-ring (bicyclic) bond motifs is 1. The van der Waals surface area contributed by atoms with Crippen molar-refractivity contribution in [3.05, 3.63) is 40.1 Å². The van der Waals surface area contributed by atoms with Gasteiger partial charge in [-0.15, -0.1) is 0 Å². The van der Waals surface area contributed by atoms with Crippen LogP contribution >= 0.6 is 0 Å². The molecule has 29 heavy (non-hydrogen) atoms. The molecule has 0 aliphatic heterocycles. The Balaban J connectivity index is 2.18. The van der Waals surface area contributed by atoms with Gasteiger partial charge in [0.15, 0.2) is 0 Å². The van der Waals surface area contributed by atoms with Gasteiger partial charge < -0.3 is 4.74 Å². The molecule has 1 atom stereocenters. The first-order valence-electron chi connectivity index (χ1n) is 10.1. The highest BCUT2D eigenvalue weighted by Gasteiger charge is 2.33. The third-order valence-corrected chi connectivity index (χ3v) is 5.80. The maximum absolute atomic E-state index is 13.1.